The Balaban J connectivity index is 1.46. The average Bonchev–Trinajstić information content (AvgIpc) is 2.76. The van der Waals surface area contributed by atoms with Gasteiger partial charge in [-0.2, -0.15) is 0 Å². The monoisotopic (exact) mass is 431 g/mol. The Kier molecular flexibility index (Phi) is 7.54. The Bertz CT molecular complexity index is 880. The molecule has 160 valence electrons. The van der Waals surface area contributed by atoms with E-state index in [1.54, 1.807) is 56.7 Å². The number of nitrogens with one attached hydrogen (secondary N) is 2. The van der Waals surface area contributed by atoms with Crippen LogP contribution in [0.25, 0.3) is 0 Å². The van der Waals surface area contributed by atoms with E-state index >= 15 is 0 Å². The fraction of sp³-hybridized carbons (Fsp3) is 0.364. The molecular formula is C22H26ClN3O4. The van der Waals surface area contributed by atoms with Crippen LogP contribution in [0.5, 0.6) is 11.5 Å². The van der Waals surface area contributed by atoms with Crippen LogP contribution >= 0.6 is 11.6 Å². The van der Waals surface area contributed by atoms with Gasteiger partial charge in [-0.25, -0.2) is 0 Å². The number of likely N-dealkylation sites (tertiary alicyclic amines) is 1. The Morgan fingerprint density at radius 3 is 2.37 bits per heavy atom. The van der Waals surface area contributed by atoms with E-state index in [-0.39, 0.29) is 24.3 Å². The Morgan fingerprint density at radius 1 is 1.03 bits per heavy atom. The van der Waals surface area contributed by atoms with Gasteiger partial charge in [0.1, 0.15) is 11.5 Å². The third kappa shape index (κ3) is 5.87. The van der Waals surface area contributed by atoms with Gasteiger partial charge in [0.05, 0.1) is 26.5 Å². The maximum Gasteiger partial charge on any atom is 0.238 e. The van der Waals surface area contributed by atoms with Crippen LogP contribution in [0.2, 0.25) is 5.02 Å². The molecule has 8 heteroatoms. The van der Waals surface area contributed by atoms with E-state index in [4.69, 9.17) is 21.1 Å². The van der Waals surface area contributed by atoms with Crippen molar-refractivity contribution in [2.75, 3.05) is 44.5 Å². The zero-order valence-electron chi connectivity index (χ0n) is 17.1. The number of rotatable bonds is 7. The van der Waals surface area contributed by atoms with Crippen LogP contribution in [0.3, 0.4) is 0 Å². The second-order valence-electron chi connectivity index (χ2n) is 7.16. The van der Waals surface area contributed by atoms with Crippen molar-refractivity contribution in [3.05, 3.63) is 47.5 Å². The molecule has 0 aliphatic carbocycles. The van der Waals surface area contributed by atoms with Gasteiger partial charge in [0.15, 0.2) is 0 Å². The van der Waals surface area contributed by atoms with Crippen LogP contribution in [-0.2, 0) is 9.59 Å². The zero-order valence-corrected chi connectivity index (χ0v) is 17.9. The van der Waals surface area contributed by atoms with E-state index in [1.165, 1.54) is 0 Å². The molecule has 2 amide bonds. The number of ether oxygens (including phenoxy) is 2. The molecule has 0 radical (unpaired) electrons. The van der Waals surface area contributed by atoms with Crippen molar-refractivity contribution < 1.29 is 19.1 Å². The average molecular weight is 432 g/mol. The standard InChI is InChI=1S/C22H26ClN3O4/c1-29-18-7-8-19(20(13-18)30-2)25-21(27)14-26-11-9-15(10-12-26)22(28)24-17-5-3-16(23)4-6-17/h3-8,13,15H,9-12,14H2,1-2H3,(H,24,28)(H,25,27). The van der Waals surface area contributed by atoms with Crippen LogP contribution in [-0.4, -0.2) is 50.6 Å². The van der Waals surface area contributed by atoms with Crippen LogP contribution < -0.4 is 20.1 Å². The smallest absolute Gasteiger partial charge is 0.238 e. The molecule has 30 heavy (non-hydrogen) atoms. The molecule has 1 aliphatic heterocycles. The molecule has 1 heterocycles. The minimum Gasteiger partial charge on any atom is -0.497 e. The summed E-state index contributed by atoms with van der Waals surface area (Å²) in [5.74, 6) is 1.01. The number of hydrogen-bond donors (Lipinski definition) is 2. The summed E-state index contributed by atoms with van der Waals surface area (Å²) in [6.45, 7) is 1.64. The minimum atomic E-state index is -0.123. The molecule has 0 atom stereocenters. The van der Waals surface area contributed by atoms with Crippen molar-refractivity contribution >= 4 is 34.8 Å². The number of carbonyl (C=O) groups excluding carboxylic acids is 2. The van der Waals surface area contributed by atoms with E-state index < -0.39 is 0 Å². The molecule has 7 nitrogen and oxygen atoms in total. The van der Waals surface area contributed by atoms with Gasteiger partial charge in [-0.05, 0) is 62.3 Å². The van der Waals surface area contributed by atoms with Gasteiger partial charge in [-0.1, -0.05) is 11.6 Å². The summed E-state index contributed by atoms with van der Waals surface area (Å²) in [6, 6.07) is 12.3. The molecule has 1 aliphatic rings. The van der Waals surface area contributed by atoms with Gasteiger partial charge in [-0.3, -0.25) is 14.5 Å². The third-order valence-electron chi connectivity index (χ3n) is 5.12. The van der Waals surface area contributed by atoms with E-state index in [1.807, 2.05) is 0 Å². The Hall–Kier alpha value is -2.77. The predicted molar refractivity (Wildman–Crippen MR) is 117 cm³/mol. The number of benzene rings is 2. The summed E-state index contributed by atoms with van der Waals surface area (Å²) < 4.78 is 10.5. The maximum atomic E-state index is 12.5. The van der Waals surface area contributed by atoms with Crippen LogP contribution in [0.1, 0.15) is 12.8 Å². The number of carbonyl (C=O) groups is 2. The quantitative estimate of drug-likeness (QED) is 0.699. The highest BCUT2D eigenvalue weighted by atomic mass is 35.5. The summed E-state index contributed by atoms with van der Waals surface area (Å²) in [5.41, 5.74) is 1.33. The highest BCUT2D eigenvalue weighted by molar-refractivity contribution is 6.30. The molecule has 0 bridgehead atoms. The molecule has 0 aromatic heterocycles. The number of piperidine rings is 1. The normalized spacial score (nSPS) is 14.8. The lowest BCUT2D eigenvalue weighted by molar-refractivity contribution is -0.121. The summed E-state index contributed by atoms with van der Waals surface area (Å²) >= 11 is 5.87. The molecule has 2 N–H and O–H groups in total. The molecular weight excluding hydrogens is 406 g/mol. The lowest BCUT2D eigenvalue weighted by Crippen LogP contribution is -2.41. The molecule has 0 spiro atoms. The SMILES string of the molecule is COc1ccc(NC(=O)CN2CCC(C(=O)Nc3ccc(Cl)cc3)CC2)c(OC)c1. The highest BCUT2D eigenvalue weighted by Gasteiger charge is 2.26. The van der Waals surface area contributed by atoms with E-state index in [2.05, 4.69) is 15.5 Å². The fourth-order valence-corrected chi connectivity index (χ4v) is 3.55. The molecule has 1 fully saturated rings. The van der Waals surface area contributed by atoms with Crippen molar-refractivity contribution in [3.8, 4) is 11.5 Å². The van der Waals surface area contributed by atoms with Gasteiger partial charge in [0, 0.05) is 22.7 Å². The predicted octanol–water partition coefficient (Wildman–Crippen LogP) is 3.65. The van der Waals surface area contributed by atoms with Crippen molar-refractivity contribution in [2.24, 2.45) is 5.92 Å². The second kappa shape index (κ2) is 10.3. The van der Waals surface area contributed by atoms with Crippen molar-refractivity contribution in [2.45, 2.75) is 12.8 Å². The topological polar surface area (TPSA) is 79.9 Å². The molecule has 1 saturated heterocycles. The molecule has 0 saturated carbocycles. The number of nitrogens with zero attached hydrogens (tertiary/aromatic N) is 1. The lowest BCUT2D eigenvalue weighted by atomic mass is 9.96. The number of halogens is 1. The molecule has 3 rings (SSSR count). The molecule has 2 aromatic carbocycles. The van der Waals surface area contributed by atoms with Crippen molar-refractivity contribution in [1.29, 1.82) is 0 Å². The maximum absolute atomic E-state index is 12.5. The van der Waals surface area contributed by atoms with Crippen molar-refractivity contribution in [3.63, 3.8) is 0 Å². The summed E-state index contributed by atoms with van der Waals surface area (Å²) in [5, 5.41) is 6.44. The van der Waals surface area contributed by atoms with E-state index in [0.29, 0.717) is 48.1 Å². The number of amides is 2. The van der Waals surface area contributed by atoms with Crippen LogP contribution in [0, 0.1) is 5.92 Å². The first-order valence-corrected chi connectivity index (χ1v) is 10.2. The molecule has 0 unspecified atom stereocenters. The number of hydrogen-bond acceptors (Lipinski definition) is 5. The largest absolute Gasteiger partial charge is 0.497 e. The second-order valence-corrected chi connectivity index (χ2v) is 7.60. The van der Waals surface area contributed by atoms with Gasteiger partial charge < -0.3 is 20.1 Å². The first-order chi connectivity index (χ1) is 14.5. The van der Waals surface area contributed by atoms with Gasteiger partial charge in [0.2, 0.25) is 11.8 Å². The van der Waals surface area contributed by atoms with Crippen molar-refractivity contribution in [1.82, 2.24) is 4.90 Å². The van der Waals surface area contributed by atoms with Crippen LogP contribution in [0.15, 0.2) is 42.5 Å². The zero-order chi connectivity index (χ0) is 21.5. The summed E-state index contributed by atoms with van der Waals surface area (Å²) in [4.78, 5) is 27.0. The first-order valence-electron chi connectivity index (χ1n) is 9.79. The van der Waals surface area contributed by atoms with E-state index in [0.717, 1.165) is 5.69 Å². The van der Waals surface area contributed by atoms with Gasteiger partial charge >= 0.3 is 0 Å². The lowest BCUT2D eigenvalue weighted by Gasteiger charge is -2.30. The number of methoxy groups -OCH3 is 2. The van der Waals surface area contributed by atoms with E-state index in [9.17, 15) is 9.59 Å². The highest BCUT2D eigenvalue weighted by Crippen LogP contribution is 2.29. The Labute approximate surface area is 181 Å². The van der Waals surface area contributed by atoms with Gasteiger partial charge in [-0.15, -0.1) is 0 Å². The van der Waals surface area contributed by atoms with Gasteiger partial charge in [0.25, 0.3) is 0 Å². The number of anilines is 2. The summed E-state index contributed by atoms with van der Waals surface area (Å²) in [7, 11) is 3.12. The third-order valence-corrected chi connectivity index (χ3v) is 5.37. The molecule has 2 aromatic rings. The minimum absolute atomic E-state index is 0.00407. The summed E-state index contributed by atoms with van der Waals surface area (Å²) in [6.07, 6.45) is 1.41. The fourth-order valence-electron chi connectivity index (χ4n) is 3.43. The van der Waals surface area contributed by atoms with Crippen LogP contribution in [0.4, 0.5) is 11.4 Å². The Morgan fingerprint density at radius 2 is 1.73 bits per heavy atom. The first kappa shape index (κ1) is 21.9.